The molecule has 1 aromatic carbocycles. The molecule has 2 aromatic heterocycles. The van der Waals surface area contributed by atoms with E-state index in [1.807, 2.05) is 12.1 Å². The number of likely N-dealkylation sites (N-methyl/N-ethyl adjacent to an activating group) is 1. The number of fused-ring (bicyclic) bond motifs is 4. The summed E-state index contributed by atoms with van der Waals surface area (Å²) in [6.07, 6.45) is 11.1. The number of nitrogens with zero attached hydrogens (tertiary/aromatic N) is 6. The Kier molecular flexibility index (Phi) is 7.03. The van der Waals surface area contributed by atoms with Crippen molar-refractivity contribution in [3.05, 3.63) is 46.2 Å². The second-order valence-electron chi connectivity index (χ2n) is 14.0. The molecule has 10 heteroatoms. The Balaban J connectivity index is 1.21. The summed E-state index contributed by atoms with van der Waals surface area (Å²) >= 11 is 0. The highest BCUT2D eigenvalue weighted by molar-refractivity contribution is 5.67. The van der Waals surface area contributed by atoms with Gasteiger partial charge in [-0.25, -0.2) is 4.98 Å². The van der Waals surface area contributed by atoms with Crippen LogP contribution in [0.1, 0.15) is 92.7 Å². The first-order valence-corrected chi connectivity index (χ1v) is 16.9. The number of anilines is 2. The Morgan fingerprint density at radius 3 is 2.69 bits per heavy atom. The van der Waals surface area contributed by atoms with Crippen LogP contribution < -0.4 is 15.4 Å². The molecule has 0 bridgehead atoms. The normalized spacial score (nSPS) is 28.4. The third-order valence-electron chi connectivity index (χ3n) is 11.4. The molecule has 3 aromatic rings. The van der Waals surface area contributed by atoms with Gasteiger partial charge in [0, 0.05) is 42.9 Å². The summed E-state index contributed by atoms with van der Waals surface area (Å²) in [4.78, 5) is 14.9. The number of nitrogen functional groups attached to an aromatic ring is 1. The summed E-state index contributed by atoms with van der Waals surface area (Å²) < 4.78 is 19.0. The van der Waals surface area contributed by atoms with Gasteiger partial charge in [-0.05, 0) is 102 Å². The van der Waals surface area contributed by atoms with Crippen LogP contribution in [0.2, 0.25) is 0 Å². The highest BCUT2D eigenvalue weighted by atomic mass is 16.5. The average Bonchev–Trinajstić information content (AvgIpc) is 3.68. The van der Waals surface area contributed by atoms with Crippen LogP contribution in [0.5, 0.6) is 5.88 Å². The zero-order valence-corrected chi connectivity index (χ0v) is 26.5. The minimum Gasteiger partial charge on any atom is -0.473 e. The zero-order valence-electron chi connectivity index (χ0n) is 26.5. The van der Waals surface area contributed by atoms with E-state index in [9.17, 15) is 5.26 Å². The van der Waals surface area contributed by atoms with Gasteiger partial charge in [0.2, 0.25) is 5.88 Å². The van der Waals surface area contributed by atoms with Gasteiger partial charge in [-0.2, -0.15) is 10.2 Å². The van der Waals surface area contributed by atoms with E-state index in [-0.39, 0.29) is 11.7 Å². The van der Waals surface area contributed by atoms with Crippen molar-refractivity contribution in [1.29, 1.82) is 5.26 Å². The molecule has 3 fully saturated rings. The fourth-order valence-electron chi connectivity index (χ4n) is 9.04. The van der Waals surface area contributed by atoms with Crippen molar-refractivity contribution in [3.8, 4) is 23.5 Å². The molecule has 4 unspecified atom stereocenters. The number of rotatable bonds is 5. The van der Waals surface area contributed by atoms with Gasteiger partial charge in [0.15, 0.2) is 17.3 Å². The molecule has 5 heterocycles. The van der Waals surface area contributed by atoms with Crippen molar-refractivity contribution in [2.75, 3.05) is 43.9 Å². The second-order valence-corrected chi connectivity index (χ2v) is 14.0. The Morgan fingerprint density at radius 2 is 1.93 bits per heavy atom. The monoisotopic (exact) mass is 609 g/mol. The number of likely N-dealkylation sites (tertiary alicyclic amines) is 1. The van der Waals surface area contributed by atoms with Crippen LogP contribution in [0.15, 0.2) is 22.7 Å². The van der Waals surface area contributed by atoms with Crippen molar-refractivity contribution in [3.63, 3.8) is 0 Å². The van der Waals surface area contributed by atoms with E-state index in [2.05, 4.69) is 35.9 Å². The van der Waals surface area contributed by atoms with E-state index in [1.54, 1.807) is 0 Å². The lowest BCUT2D eigenvalue weighted by atomic mass is 9.61. The van der Waals surface area contributed by atoms with Crippen molar-refractivity contribution in [2.45, 2.75) is 101 Å². The lowest BCUT2D eigenvalue weighted by molar-refractivity contribution is -0.151. The minimum atomic E-state index is -0.424. The van der Waals surface area contributed by atoms with Crippen LogP contribution in [0.3, 0.4) is 0 Å². The second kappa shape index (κ2) is 11.0. The van der Waals surface area contributed by atoms with Gasteiger partial charge in [-0.3, -0.25) is 4.90 Å². The molecule has 10 nitrogen and oxygen atoms in total. The van der Waals surface area contributed by atoms with Gasteiger partial charge < -0.3 is 24.6 Å². The van der Waals surface area contributed by atoms with E-state index in [1.165, 1.54) is 12.0 Å². The summed E-state index contributed by atoms with van der Waals surface area (Å²) in [6.45, 7) is 5.80. The third-order valence-corrected chi connectivity index (χ3v) is 11.4. The number of benzene rings is 1. The molecule has 4 atom stereocenters. The average molecular weight is 610 g/mol. The fourth-order valence-corrected chi connectivity index (χ4v) is 9.04. The van der Waals surface area contributed by atoms with Crippen molar-refractivity contribution < 1.29 is 14.0 Å². The maximum absolute atomic E-state index is 10.2. The van der Waals surface area contributed by atoms with Crippen LogP contribution in [0.4, 0.5) is 11.5 Å². The highest BCUT2D eigenvalue weighted by Gasteiger charge is 2.48. The summed E-state index contributed by atoms with van der Waals surface area (Å²) in [5.74, 6) is 2.81. The maximum Gasteiger partial charge on any atom is 0.219 e. The van der Waals surface area contributed by atoms with Gasteiger partial charge in [0.25, 0.3) is 0 Å². The molecule has 45 heavy (non-hydrogen) atoms. The van der Waals surface area contributed by atoms with E-state index in [4.69, 9.17) is 34.9 Å². The van der Waals surface area contributed by atoms with Crippen molar-refractivity contribution in [2.24, 2.45) is 0 Å². The summed E-state index contributed by atoms with van der Waals surface area (Å²) in [6, 6.07) is 8.74. The zero-order chi connectivity index (χ0) is 30.8. The maximum atomic E-state index is 10.2. The lowest BCUT2D eigenvalue weighted by Gasteiger charge is -2.48. The summed E-state index contributed by atoms with van der Waals surface area (Å²) in [5.41, 5.74) is 10.9. The standard InChI is InChI=1S/C35H43N7O3/c1-22(27-9-5-16-41(27)2)44-29-19-28(42-17-6-12-34(21-42)15-18-43-34)38-33(39-29)31-24-8-4-14-35(32(24)45-40-31)13-3-7-23-10-11-26(37)25(20-36)30(23)35/h10-11,19,22,27H,3-9,12-18,21,37H2,1-2H3. The van der Waals surface area contributed by atoms with Crippen LogP contribution in [-0.4, -0.2) is 71.1 Å². The van der Waals surface area contributed by atoms with Crippen molar-refractivity contribution >= 4 is 11.5 Å². The molecule has 8 rings (SSSR count). The lowest BCUT2D eigenvalue weighted by Crippen LogP contribution is -2.56. The summed E-state index contributed by atoms with van der Waals surface area (Å²) in [7, 11) is 2.17. The number of nitrogens with two attached hydrogens (primary N) is 1. The molecular formula is C35H43N7O3. The number of aryl methyl sites for hydroxylation is 1. The molecule has 2 aliphatic carbocycles. The Bertz CT molecular complexity index is 1660. The number of hydrogen-bond donors (Lipinski definition) is 1. The van der Waals surface area contributed by atoms with Crippen LogP contribution in [-0.2, 0) is 23.0 Å². The van der Waals surface area contributed by atoms with E-state index >= 15 is 0 Å². The highest BCUT2D eigenvalue weighted by Crippen LogP contribution is 2.53. The first-order chi connectivity index (χ1) is 21.9. The Hall–Kier alpha value is -3.68. The molecule has 5 aliphatic rings. The van der Waals surface area contributed by atoms with Gasteiger partial charge in [0.1, 0.15) is 18.0 Å². The Morgan fingerprint density at radius 1 is 1.09 bits per heavy atom. The van der Waals surface area contributed by atoms with Crippen LogP contribution in [0.25, 0.3) is 11.5 Å². The van der Waals surface area contributed by atoms with E-state index in [0.29, 0.717) is 34.7 Å². The van der Waals surface area contributed by atoms with E-state index in [0.717, 1.165) is 113 Å². The largest absolute Gasteiger partial charge is 0.473 e. The van der Waals surface area contributed by atoms with Crippen molar-refractivity contribution in [1.82, 2.24) is 20.0 Å². The molecule has 2 N–H and O–H groups in total. The van der Waals surface area contributed by atoms with Gasteiger partial charge in [-0.1, -0.05) is 11.2 Å². The molecular weight excluding hydrogens is 566 g/mol. The topological polar surface area (TPSA) is 127 Å². The smallest absolute Gasteiger partial charge is 0.219 e. The predicted octanol–water partition coefficient (Wildman–Crippen LogP) is 5.16. The van der Waals surface area contributed by atoms with Crippen LogP contribution in [0, 0.1) is 11.3 Å². The SMILES string of the molecule is CC(Oc1cc(N2CCCC3(CCO3)C2)nc(-c2noc3c2CCCC32CCCc3ccc(N)c(C#N)c32)n1)C1CCCN1C. The summed E-state index contributed by atoms with van der Waals surface area (Å²) in [5, 5.41) is 14.9. The quantitative estimate of drug-likeness (QED) is 0.387. The Labute approximate surface area is 264 Å². The molecule has 3 saturated heterocycles. The number of ether oxygens (including phenoxy) is 2. The first-order valence-electron chi connectivity index (χ1n) is 16.9. The molecule has 3 aliphatic heterocycles. The molecule has 0 radical (unpaired) electrons. The number of piperidine rings is 1. The first kappa shape index (κ1) is 28.8. The van der Waals surface area contributed by atoms with Gasteiger partial charge >= 0.3 is 0 Å². The number of aromatic nitrogens is 3. The number of hydrogen-bond acceptors (Lipinski definition) is 10. The minimum absolute atomic E-state index is 0.0149. The molecule has 236 valence electrons. The predicted molar refractivity (Wildman–Crippen MR) is 170 cm³/mol. The molecule has 0 saturated carbocycles. The number of nitriles is 1. The van der Waals surface area contributed by atoms with E-state index < -0.39 is 5.41 Å². The van der Waals surface area contributed by atoms with Gasteiger partial charge in [-0.15, -0.1) is 0 Å². The molecule has 2 spiro atoms. The third kappa shape index (κ3) is 4.69. The van der Waals surface area contributed by atoms with Gasteiger partial charge in [0.05, 0.1) is 23.2 Å². The molecule has 0 amide bonds. The van der Waals surface area contributed by atoms with Crippen LogP contribution >= 0.6 is 0 Å². The fraction of sp³-hybridized carbons (Fsp3) is 0.600.